The van der Waals surface area contributed by atoms with Crippen molar-refractivity contribution in [3.05, 3.63) is 18.3 Å². The fourth-order valence-electron chi connectivity index (χ4n) is 3.34. The van der Waals surface area contributed by atoms with E-state index in [2.05, 4.69) is 29.0 Å². The Morgan fingerprint density at radius 3 is 2.54 bits per heavy atom. The average molecular weight is 409 g/mol. The van der Waals surface area contributed by atoms with E-state index in [9.17, 15) is 9.59 Å². The largest absolute Gasteiger partial charge is 0.378 e. The van der Waals surface area contributed by atoms with Gasteiger partial charge in [-0.15, -0.1) is 11.8 Å². The highest BCUT2D eigenvalue weighted by Crippen LogP contribution is 2.19. The molecule has 0 spiro atoms. The molecule has 1 aromatic heterocycles. The van der Waals surface area contributed by atoms with Crippen LogP contribution in [0, 0.1) is 0 Å². The van der Waals surface area contributed by atoms with E-state index in [1.54, 1.807) is 11.1 Å². The van der Waals surface area contributed by atoms with Crippen LogP contribution >= 0.6 is 11.8 Å². The normalized spacial score (nSPS) is 22.8. The Bertz CT molecular complexity index is 656. The van der Waals surface area contributed by atoms with E-state index >= 15 is 0 Å². The summed E-state index contributed by atoms with van der Waals surface area (Å²) in [6, 6.07) is 3.77. The van der Waals surface area contributed by atoms with Crippen LogP contribution in [0.5, 0.6) is 0 Å². The van der Waals surface area contributed by atoms with Gasteiger partial charge in [0.05, 0.1) is 48.8 Å². The quantitative estimate of drug-likeness (QED) is 0.758. The van der Waals surface area contributed by atoms with Crippen molar-refractivity contribution in [2.24, 2.45) is 0 Å². The lowest BCUT2D eigenvalue weighted by Crippen LogP contribution is -2.45. The van der Waals surface area contributed by atoms with Crippen LogP contribution in [-0.2, 0) is 19.1 Å². The summed E-state index contributed by atoms with van der Waals surface area (Å²) in [5.41, 5.74) is 0.656. The van der Waals surface area contributed by atoms with Crippen molar-refractivity contribution in [1.82, 2.24) is 9.88 Å². The van der Waals surface area contributed by atoms with Crippen LogP contribution in [0.2, 0.25) is 0 Å². The zero-order valence-corrected chi connectivity index (χ0v) is 17.2. The number of nitrogens with one attached hydrogen (secondary N) is 1. The Hall–Kier alpha value is -1.84. The number of rotatable bonds is 6. The highest BCUT2D eigenvalue weighted by atomic mass is 32.2. The first-order valence-electron chi connectivity index (χ1n) is 9.61. The number of ether oxygens (including phenoxy) is 2. The molecule has 2 fully saturated rings. The van der Waals surface area contributed by atoms with Gasteiger partial charge >= 0.3 is 0 Å². The van der Waals surface area contributed by atoms with Crippen molar-refractivity contribution in [3.8, 4) is 0 Å². The molecule has 0 aliphatic carbocycles. The molecule has 2 aliphatic heterocycles. The molecule has 0 saturated carbocycles. The van der Waals surface area contributed by atoms with Crippen molar-refractivity contribution >= 4 is 35.1 Å². The second-order valence-corrected chi connectivity index (χ2v) is 8.09. The molecule has 2 unspecified atom stereocenters. The fourth-order valence-corrected chi connectivity index (χ4v) is 4.06. The Morgan fingerprint density at radius 2 is 1.89 bits per heavy atom. The van der Waals surface area contributed by atoms with Crippen LogP contribution < -0.4 is 10.2 Å². The predicted octanol–water partition coefficient (Wildman–Crippen LogP) is 1.23. The van der Waals surface area contributed by atoms with E-state index in [1.165, 1.54) is 11.8 Å². The molecule has 2 atom stereocenters. The monoisotopic (exact) mass is 408 g/mol. The number of pyridine rings is 1. The second kappa shape index (κ2) is 10.1. The third-order valence-electron chi connectivity index (χ3n) is 4.60. The molecule has 0 aromatic carbocycles. The molecule has 8 nitrogen and oxygen atoms in total. The van der Waals surface area contributed by atoms with E-state index in [1.807, 2.05) is 12.1 Å². The first-order valence-corrected chi connectivity index (χ1v) is 10.8. The summed E-state index contributed by atoms with van der Waals surface area (Å²) < 4.78 is 11.0. The third-order valence-corrected chi connectivity index (χ3v) is 5.52. The molecule has 2 amide bonds. The number of anilines is 2. The van der Waals surface area contributed by atoms with Gasteiger partial charge in [0, 0.05) is 26.2 Å². The maximum Gasteiger partial charge on any atom is 0.234 e. The van der Waals surface area contributed by atoms with Crippen LogP contribution in [0.1, 0.15) is 13.8 Å². The number of carbonyl (C=O) groups is 2. The molecule has 0 bridgehead atoms. The summed E-state index contributed by atoms with van der Waals surface area (Å²) in [4.78, 5) is 32.6. The SMILES string of the molecule is CC1CN(c2ccc(NC(=O)CSCC(=O)N3CCOCC3)cn2)CC(C)O1. The van der Waals surface area contributed by atoms with E-state index in [-0.39, 0.29) is 29.8 Å². The fraction of sp³-hybridized carbons (Fsp3) is 0.632. The zero-order chi connectivity index (χ0) is 19.9. The minimum absolute atomic E-state index is 0.0566. The summed E-state index contributed by atoms with van der Waals surface area (Å²) in [6.07, 6.45) is 2.01. The molecular formula is C19H28N4O4S. The lowest BCUT2D eigenvalue weighted by Gasteiger charge is -2.36. The predicted molar refractivity (Wildman–Crippen MR) is 110 cm³/mol. The molecule has 1 N–H and O–H groups in total. The number of hydrogen-bond acceptors (Lipinski definition) is 7. The van der Waals surface area contributed by atoms with Crippen LogP contribution in [0.3, 0.4) is 0 Å². The first-order chi connectivity index (χ1) is 13.5. The maximum absolute atomic E-state index is 12.1. The van der Waals surface area contributed by atoms with Gasteiger partial charge in [-0.3, -0.25) is 9.59 Å². The third kappa shape index (κ3) is 6.08. The van der Waals surface area contributed by atoms with Crippen LogP contribution in [0.15, 0.2) is 18.3 Å². The van der Waals surface area contributed by atoms with Gasteiger partial charge < -0.3 is 24.6 Å². The molecule has 154 valence electrons. The van der Waals surface area contributed by atoms with E-state index in [0.29, 0.717) is 37.7 Å². The molecule has 2 saturated heterocycles. The van der Waals surface area contributed by atoms with Crippen molar-refractivity contribution in [3.63, 3.8) is 0 Å². The molecule has 2 aliphatic rings. The number of thioether (sulfide) groups is 1. The van der Waals surface area contributed by atoms with E-state index < -0.39 is 0 Å². The summed E-state index contributed by atoms with van der Waals surface area (Å²) in [5.74, 6) is 1.34. The van der Waals surface area contributed by atoms with Crippen LogP contribution in [-0.4, -0.2) is 84.8 Å². The van der Waals surface area contributed by atoms with E-state index in [0.717, 1.165) is 18.9 Å². The van der Waals surface area contributed by atoms with Gasteiger partial charge in [-0.2, -0.15) is 0 Å². The molecule has 3 rings (SSSR count). The number of aromatic nitrogens is 1. The zero-order valence-electron chi connectivity index (χ0n) is 16.4. The lowest BCUT2D eigenvalue weighted by atomic mass is 10.2. The van der Waals surface area contributed by atoms with Crippen LogP contribution in [0.4, 0.5) is 11.5 Å². The van der Waals surface area contributed by atoms with Crippen molar-refractivity contribution in [2.45, 2.75) is 26.1 Å². The van der Waals surface area contributed by atoms with Gasteiger partial charge in [0.15, 0.2) is 0 Å². The molecule has 0 radical (unpaired) electrons. The molecule has 1 aromatic rings. The number of morpholine rings is 2. The Morgan fingerprint density at radius 1 is 1.18 bits per heavy atom. The van der Waals surface area contributed by atoms with Crippen molar-refractivity contribution in [2.75, 3.05) is 61.1 Å². The molecule has 9 heteroatoms. The van der Waals surface area contributed by atoms with E-state index in [4.69, 9.17) is 9.47 Å². The summed E-state index contributed by atoms with van der Waals surface area (Å²) in [6.45, 7) is 8.14. The highest BCUT2D eigenvalue weighted by Gasteiger charge is 2.23. The topological polar surface area (TPSA) is 84.0 Å². The minimum Gasteiger partial charge on any atom is -0.378 e. The molecule has 28 heavy (non-hydrogen) atoms. The van der Waals surface area contributed by atoms with Gasteiger partial charge in [-0.1, -0.05) is 0 Å². The summed E-state index contributed by atoms with van der Waals surface area (Å²) >= 11 is 1.32. The number of hydrogen-bond donors (Lipinski definition) is 1. The number of nitrogens with zero attached hydrogens (tertiary/aromatic N) is 3. The summed E-state index contributed by atoms with van der Waals surface area (Å²) in [7, 11) is 0. The number of amides is 2. The molecule has 3 heterocycles. The van der Waals surface area contributed by atoms with Crippen molar-refractivity contribution < 1.29 is 19.1 Å². The van der Waals surface area contributed by atoms with Gasteiger partial charge in [0.2, 0.25) is 11.8 Å². The van der Waals surface area contributed by atoms with Crippen LogP contribution in [0.25, 0.3) is 0 Å². The summed E-state index contributed by atoms with van der Waals surface area (Å²) in [5, 5.41) is 2.83. The van der Waals surface area contributed by atoms with Gasteiger partial charge in [-0.05, 0) is 26.0 Å². The standard InChI is InChI=1S/C19H28N4O4S/c1-14-10-23(11-15(2)27-14)17-4-3-16(9-20-17)21-18(24)12-28-13-19(25)22-5-7-26-8-6-22/h3-4,9,14-15H,5-8,10-13H2,1-2H3,(H,21,24). The second-order valence-electron chi connectivity index (χ2n) is 7.10. The van der Waals surface area contributed by atoms with Gasteiger partial charge in [-0.25, -0.2) is 4.98 Å². The average Bonchev–Trinajstić information content (AvgIpc) is 2.68. The van der Waals surface area contributed by atoms with Gasteiger partial charge in [0.1, 0.15) is 5.82 Å². The lowest BCUT2D eigenvalue weighted by molar-refractivity contribution is -0.132. The Labute approximate surface area is 169 Å². The smallest absolute Gasteiger partial charge is 0.234 e. The first kappa shape index (κ1) is 20.9. The maximum atomic E-state index is 12.1. The minimum atomic E-state index is -0.136. The molecular weight excluding hydrogens is 380 g/mol. The Balaban J connectivity index is 1.41. The highest BCUT2D eigenvalue weighted by molar-refractivity contribution is 8.00. The Kier molecular flexibility index (Phi) is 7.52. The number of carbonyl (C=O) groups excluding carboxylic acids is 2. The van der Waals surface area contributed by atoms with Gasteiger partial charge in [0.25, 0.3) is 0 Å². The van der Waals surface area contributed by atoms with Crippen molar-refractivity contribution in [1.29, 1.82) is 0 Å².